The van der Waals surface area contributed by atoms with Crippen molar-refractivity contribution in [3.05, 3.63) is 11.8 Å². The van der Waals surface area contributed by atoms with Crippen LogP contribution in [0.3, 0.4) is 0 Å². The molecule has 0 rings (SSSR count). The molecule has 0 unspecified atom stereocenters. The van der Waals surface area contributed by atoms with E-state index in [1.54, 1.807) is 0 Å². The fraction of sp³-hybridized carbons (Fsp3) is 0.571. The summed E-state index contributed by atoms with van der Waals surface area (Å²) < 4.78 is 19.2. The van der Waals surface area contributed by atoms with Crippen molar-refractivity contribution in [2.45, 2.75) is 6.92 Å². The molecule has 5 nitrogen and oxygen atoms in total. The molecule has 0 aromatic carbocycles. The Labute approximate surface area is 88.2 Å². The number of hydrogen-bond acceptors (Lipinski definition) is 6. The van der Waals surface area contributed by atoms with Gasteiger partial charge in [-0.1, -0.05) is 0 Å². The maximum Gasteiger partial charge on any atom is 0.379 e. The quantitative estimate of drug-likeness (QED) is 0.315. The molecule has 0 aromatic rings. The Bertz CT molecular complexity index is 267. The average Bonchev–Trinajstić information content (AvgIpc) is 2.24. The number of ether oxygens (including phenoxy) is 1. The van der Waals surface area contributed by atoms with Crippen molar-refractivity contribution in [2.75, 3.05) is 21.3 Å². The first-order valence-electron chi connectivity index (χ1n) is 3.64. The number of carbonyl (C=O) groups excluding carboxylic acids is 1. The van der Waals surface area contributed by atoms with Crippen LogP contribution >= 0.6 is 6.72 Å². The van der Waals surface area contributed by atoms with Gasteiger partial charge in [-0.25, -0.2) is 4.79 Å². The largest absolute Gasteiger partial charge is 0.466 e. The summed E-state index contributed by atoms with van der Waals surface area (Å²) in [6.45, 7) is -1.20. The van der Waals surface area contributed by atoms with Crippen molar-refractivity contribution in [3.8, 4) is 0 Å². The van der Waals surface area contributed by atoms with E-state index < -0.39 is 12.7 Å². The number of hydrogen-bond donors (Lipinski definition) is 0. The third-order valence-electron chi connectivity index (χ3n) is 1.31. The molecule has 0 N–H and O–H groups in total. The molecule has 0 saturated carbocycles. The Morgan fingerprint density at radius 1 is 1.29 bits per heavy atom. The molecule has 0 radical (unpaired) electrons. The highest BCUT2D eigenvalue weighted by molar-refractivity contribution is 8.07. The third kappa shape index (κ3) is 4.19. The van der Waals surface area contributed by atoms with Gasteiger partial charge in [0.2, 0.25) is 0 Å². The Kier molecular flexibility index (Phi) is 5.95. The molecule has 0 aromatic heterocycles. The first-order chi connectivity index (χ1) is 6.49. The lowest BCUT2D eigenvalue weighted by molar-refractivity contribution is -0.136. The zero-order valence-corrected chi connectivity index (χ0v) is 10.2. The molecule has 0 spiro atoms. The lowest BCUT2D eigenvalue weighted by Gasteiger charge is -2.15. The van der Waals surface area contributed by atoms with Crippen LogP contribution in [0.1, 0.15) is 6.92 Å². The van der Waals surface area contributed by atoms with Crippen LogP contribution < -0.4 is 0 Å². The van der Waals surface area contributed by atoms with E-state index in [1.807, 2.05) is 0 Å². The minimum atomic E-state index is -2.74. The van der Waals surface area contributed by atoms with E-state index in [4.69, 9.17) is 25.4 Å². The van der Waals surface area contributed by atoms with E-state index in [1.165, 1.54) is 34.5 Å². The molecule has 0 fully saturated rings. The minimum absolute atomic E-state index is 0.288. The van der Waals surface area contributed by atoms with Crippen LogP contribution in [-0.4, -0.2) is 27.3 Å². The number of rotatable bonds is 5. The average molecular weight is 240 g/mol. The zero-order valence-electron chi connectivity index (χ0n) is 8.47. The molecule has 0 bridgehead atoms. The predicted octanol–water partition coefficient (Wildman–Crippen LogP) is 1.60. The highest BCUT2D eigenvalue weighted by Gasteiger charge is 2.16. The molecule has 0 aliphatic carbocycles. The van der Waals surface area contributed by atoms with Crippen LogP contribution in [0.5, 0.6) is 0 Å². The number of methoxy groups -OCH3 is 1. The van der Waals surface area contributed by atoms with Gasteiger partial charge in [-0.3, -0.25) is 0 Å². The van der Waals surface area contributed by atoms with Crippen molar-refractivity contribution in [3.63, 3.8) is 0 Å². The molecule has 0 heterocycles. The minimum Gasteiger partial charge on any atom is -0.466 e. The molecular formula is C7H13O5PS. The van der Waals surface area contributed by atoms with Gasteiger partial charge in [-0.2, -0.15) is 0 Å². The van der Waals surface area contributed by atoms with E-state index in [0.29, 0.717) is 0 Å². The normalized spacial score (nSPS) is 12.4. The second-order valence-electron chi connectivity index (χ2n) is 2.21. The van der Waals surface area contributed by atoms with Crippen molar-refractivity contribution in [1.82, 2.24) is 0 Å². The van der Waals surface area contributed by atoms with Gasteiger partial charge >= 0.3 is 12.7 Å². The summed E-state index contributed by atoms with van der Waals surface area (Å²) in [5.41, 5.74) is 0.288. The highest BCUT2D eigenvalue weighted by atomic mass is 32.5. The highest BCUT2D eigenvalue weighted by Crippen LogP contribution is 2.48. The van der Waals surface area contributed by atoms with E-state index in [-0.39, 0.29) is 5.57 Å². The standard InChI is InChI=1S/C7H13O5PS/c1-6(7(8)9-2)5-12-13(14,10-3)11-4/h5H,1-4H3. The molecule has 0 atom stereocenters. The van der Waals surface area contributed by atoms with Gasteiger partial charge in [-0.05, 0) is 6.92 Å². The van der Waals surface area contributed by atoms with E-state index >= 15 is 0 Å². The van der Waals surface area contributed by atoms with Gasteiger partial charge < -0.3 is 18.3 Å². The fourth-order valence-corrected chi connectivity index (χ4v) is 1.25. The molecule has 0 aliphatic heterocycles. The summed E-state index contributed by atoms with van der Waals surface area (Å²) in [6.07, 6.45) is 1.18. The van der Waals surface area contributed by atoms with E-state index in [0.717, 1.165) is 0 Å². The Balaban J connectivity index is 4.41. The summed E-state index contributed by atoms with van der Waals surface area (Å²) >= 11 is 4.89. The van der Waals surface area contributed by atoms with Gasteiger partial charge in [-0.15, -0.1) is 0 Å². The van der Waals surface area contributed by atoms with Crippen molar-refractivity contribution >= 4 is 24.5 Å². The lowest BCUT2D eigenvalue weighted by atomic mass is 10.3. The summed E-state index contributed by atoms with van der Waals surface area (Å²) in [6, 6.07) is 0. The Morgan fingerprint density at radius 2 is 1.79 bits per heavy atom. The molecule has 0 amide bonds. The van der Waals surface area contributed by atoms with Gasteiger partial charge in [0, 0.05) is 26.0 Å². The number of esters is 1. The molecular weight excluding hydrogens is 227 g/mol. The van der Waals surface area contributed by atoms with Gasteiger partial charge in [0.05, 0.1) is 12.7 Å². The topological polar surface area (TPSA) is 54.0 Å². The van der Waals surface area contributed by atoms with Crippen LogP contribution in [0.4, 0.5) is 0 Å². The van der Waals surface area contributed by atoms with Crippen molar-refractivity contribution < 1.29 is 23.1 Å². The predicted molar refractivity (Wildman–Crippen MR) is 55.2 cm³/mol. The summed E-state index contributed by atoms with van der Waals surface area (Å²) in [5.74, 6) is -0.487. The maximum absolute atomic E-state index is 10.9. The van der Waals surface area contributed by atoms with Gasteiger partial charge in [0.1, 0.15) is 6.26 Å². The Morgan fingerprint density at radius 3 is 2.14 bits per heavy atom. The van der Waals surface area contributed by atoms with Crippen LogP contribution in [-0.2, 0) is 34.9 Å². The zero-order chi connectivity index (χ0) is 11.2. The second-order valence-corrected chi connectivity index (χ2v) is 5.39. The smallest absolute Gasteiger partial charge is 0.379 e. The van der Waals surface area contributed by atoms with Crippen molar-refractivity contribution in [2.24, 2.45) is 0 Å². The maximum atomic E-state index is 10.9. The first-order valence-corrected chi connectivity index (χ1v) is 6.19. The number of carbonyl (C=O) groups is 1. The molecule has 0 aliphatic rings. The SMILES string of the molecule is COC(=O)C(C)=COP(=S)(OC)OC. The summed E-state index contributed by atoms with van der Waals surface area (Å²) in [4.78, 5) is 10.9. The molecule has 82 valence electrons. The monoisotopic (exact) mass is 240 g/mol. The van der Waals surface area contributed by atoms with Crippen LogP contribution in [0, 0.1) is 0 Å². The van der Waals surface area contributed by atoms with Crippen LogP contribution in [0.25, 0.3) is 0 Å². The van der Waals surface area contributed by atoms with Crippen LogP contribution in [0.15, 0.2) is 11.8 Å². The van der Waals surface area contributed by atoms with Gasteiger partial charge in [0.15, 0.2) is 0 Å². The van der Waals surface area contributed by atoms with E-state index in [9.17, 15) is 4.79 Å². The first kappa shape index (κ1) is 13.6. The third-order valence-corrected chi connectivity index (χ3v) is 3.72. The van der Waals surface area contributed by atoms with Crippen molar-refractivity contribution in [1.29, 1.82) is 0 Å². The summed E-state index contributed by atoms with van der Waals surface area (Å²) in [7, 11) is 4.04. The lowest BCUT2D eigenvalue weighted by Crippen LogP contribution is -2.02. The Hall–Kier alpha value is -0.420. The molecule has 0 saturated heterocycles. The summed E-state index contributed by atoms with van der Waals surface area (Å²) in [5, 5.41) is 0. The van der Waals surface area contributed by atoms with Crippen LogP contribution in [0.2, 0.25) is 0 Å². The molecule has 14 heavy (non-hydrogen) atoms. The van der Waals surface area contributed by atoms with E-state index in [2.05, 4.69) is 4.74 Å². The molecule has 7 heteroatoms. The van der Waals surface area contributed by atoms with Gasteiger partial charge in [0.25, 0.3) is 0 Å². The fourth-order valence-electron chi connectivity index (χ4n) is 0.513. The second kappa shape index (κ2) is 6.14.